The normalized spacial score (nSPS) is 17.0. The highest BCUT2D eigenvalue weighted by molar-refractivity contribution is 7.89. The summed E-state index contributed by atoms with van der Waals surface area (Å²) in [5, 5.41) is 19.1. The van der Waals surface area contributed by atoms with E-state index in [1.165, 1.54) is 123 Å². The number of fused-ring (bicyclic) bond motifs is 1. The van der Waals surface area contributed by atoms with Crippen molar-refractivity contribution in [1.29, 1.82) is 0 Å². The molecule has 6 aliphatic heterocycles. The first-order valence-electron chi connectivity index (χ1n) is 34.9. The molecule has 5 N–H and O–H groups in total. The molecule has 5 fully saturated rings. The molecule has 516 valence electrons. The smallest absolute Gasteiger partial charge is 0.262 e. The van der Waals surface area contributed by atoms with Crippen molar-refractivity contribution < 1.29 is 41.9 Å². The van der Waals surface area contributed by atoms with E-state index in [0.717, 1.165) is 107 Å². The lowest BCUT2D eigenvalue weighted by molar-refractivity contribution is -0.119. The average Bonchev–Trinajstić information content (AvgIpc) is 1.84. The Balaban J connectivity index is 0.000000162. The molecule has 22 heteroatoms. The van der Waals surface area contributed by atoms with Gasteiger partial charge in [0.2, 0.25) is 5.91 Å². The summed E-state index contributed by atoms with van der Waals surface area (Å²) in [7, 11) is -3.16. The number of piperidine rings is 4. The average molecular weight is 1330 g/mol. The molecule has 21 nitrogen and oxygen atoms in total. The Bertz CT molecular complexity index is 3390. The Kier molecular flexibility index (Phi) is 30.0. The number of nitrogens with one attached hydrogen (secondary N) is 5. The lowest BCUT2D eigenvalue weighted by Gasteiger charge is -2.26. The van der Waals surface area contributed by atoms with Crippen LogP contribution in [0, 0.1) is 13.8 Å². The lowest BCUT2D eigenvalue weighted by atomic mass is 10.1. The number of carbonyl (C=O) groups is 6. The second-order valence-corrected chi connectivity index (χ2v) is 28.1. The molecule has 0 bridgehead atoms. The van der Waals surface area contributed by atoms with Gasteiger partial charge in [-0.25, -0.2) is 13.1 Å². The Labute approximate surface area is 563 Å². The second-order valence-electron chi connectivity index (χ2n) is 25.9. The minimum atomic E-state index is -3.16. The molecule has 95 heavy (non-hydrogen) atoms. The number of likely N-dealkylation sites (tertiary alicyclic amines) is 4. The van der Waals surface area contributed by atoms with Gasteiger partial charge in [0.1, 0.15) is 5.75 Å². The van der Waals surface area contributed by atoms with Crippen molar-refractivity contribution in [2.24, 2.45) is 0 Å². The molecular weight excluding hydrogens is 1220 g/mol. The summed E-state index contributed by atoms with van der Waals surface area (Å²) in [4.78, 5) is 83.9. The van der Waals surface area contributed by atoms with Crippen molar-refractivity contribution in [1.82, 2.24) is 50.6 Å². The monoisotopic (exact) mass is 1320 g/mol. The van der Waals surface area contributed by atoms with Crippen LogP contribution in [0.1, 0.15) is 174 Å². The number of nitrogens with zero attached hydrogens (tertiary/aromatic N) is 7. The number of anilines is 2. The van der Waals surface area contributed by atoms with Gasteiger partial charge in [0, 0.05) is 79.0 Å². The van der Waals surface area contributed by atoms with Gasteiger partial charge < -0.3 is 55.8 Å². The van der Waals surface area contributed by atoms with Crippen molar-refractivity contribution in [2.45, 2.75) is 135 Å². The van der Waals surface area contributed by atoms with E-state index >= 15 is 0 Å². The maximum absolute atomic E-state index is 12.4. The first-order valence-corrected chi connectivity index (χ1v) is 37.0. The van der Waals surface area contributed by atoms with Gasteiger partial charge in [-0.2, -0.15) is 5.10 Å². The zero-order valence-corrected chi connectivity index (χ0v) is 57.4. The summed E-state index contributed by atoms with van der Waals surface area (Å²) in [5.41, 5.74) is 7.29. The topological polar surface area (TPSA) is 240 Å². The molecular formula is C73H104N12O9S. The number of aryl methyl sites for hydroxylation is 2. The van der Waals surface area contributed by atoms with Gasteiger partial charge in [0.25, 0.3) is 29.5 Å². The van der Waals surface area contributed by atoms with Crippen LogP contribution in [-0.4, -0.2) is 197 Å². The van der Waals surface area contributed by atoms with Crippen LogP contribution in [0.5, 0.6) is 5.75 Å². The van der Waals surface area contributed by atoms with Crippen molar-refractivity contribution >= 4 is 56.7 Å². The van der Waals surface area contributed by atoms with E-state index in [9.17, 15) is 37.2 Å². The van der Waals surface area contributed by atoms with Crippen molar-refractivity contribution in [3.8, 4) is 11.4 Å². The van der Waals surface area contributed by atoms with E-state index in [1.54, 1.807) is 47.4 Å². The molecule has 6 aliphatic rings. The zero-order valence-electron chi connectivity index (χ0n) is 56.6. The number of rotatable bonds is 24. The third kappa shape index (κ3) is 25.2. The summed E-state index contributed by atoms with van der Waals surface area (Å²) >= 11 is 0. The number of carbonyl (C=O) groups excluding carboxylic acids is 6. The maximum atomic E-state index is 12.4. The molecule has 5 aromatic rings. The zero-order chi connectivity index (χ0) is 67.2. The SMILES string of the molecule is CS(=O)(=O)Cc1ccccc1C(=O)NCCCN1CCCCC1.Cc1cc(C)n(-c2cccc(C(=O)NCCCN3CCCCC3)c2)n1.O=C(NCCCN1CCCCC1)c1cccc(N2CCCC2=O)c1.O=C1COc2cc(C(=O)NCCCN3CCCCC3)ccc2N1. The van der Waals surface area contributed by atoms with Crippen LogP contribution in [0.2, 0.25) is 0 Å². The van der Waals surface area contributed by atoms with Crippen molar-refractivity contribution in [3.63, 3.8) is 0 Å². The highest BCUT2D eigenvalue weighted by atomic mass is 32.2. The fraction of sp³-hybridized carbons (Fsp3) is 0.548. The van der Waals surface area contributed by atoms with Gasteiger partial charge in [0.15, 0.2) is 16.4 Å². The molecule has 0 unspecified atom stereocenters. The highest BCUT2D eigenvalue weighted by Crippen LogP contribution is 2.29. The van der Waals surface area contributed by atoms with E-state index in [-0.39, 0.29) is 47.8 Å². The first kappa shape index (κ1) is 73.3. The number of benzene rings is 4. The molecule has 0 spiro atoms. The summed E-state index contributed by atoms with van der Waals surface area (Å²) in [6.45, 7) is 21.1. The molecule has 0 radical (unpaired) electrons. The Morgan fingerprint density at radius 3 is 1.41 bits per heavy atom. The number of amides is 6. The number of hydrogen-bond donors (Lipinski definition) is 5. The molecule has 0 atom stereocenters. The van der Waals surface area contributed by atoms with E-state index in [1.807, 2.05) is 73.1 Å². The fourth-order valence-electron chi connectivity index (χ4n) is 12.9. The first-order chi connectivity index (χ1) is 46.0. The van der Waals surface area contributed by atoms with Crippen LogP contribution in [0.4, 0.5) is 11.4 Å². The minimum Gasteiger partial charge on any atom is -0.482 e. The predicted molar refractivity (Wildman–Crippen MR) is 376 cm³/mol. The Morgan fingerprint density at radius 2 is 0.958 bits per heavy atom. The summed E-state index contributed by atoms with van der Waals surface area (Å²) in [6.07, 6.45) is 22.3. The van der Waals surface area contributed by atoms with Crippen LogP contribution in [0.15, 0.2) is 97.1 Å². The number of ether oxygens (including phenoxy) is 1. The molecule has 0 saturated carbocycles. The van der Waals surface area contributed by atoms with Gasteiger partial charge in [-0.3, -0.25) is 28.8 Å². The molecule has 11 rings (SSSR count). The van der Waals surface area contributed by atoms with Crippen LogP contribution in [0.3, 0.4) is 0 Å². The number of hydrogen-bond acceptors (Lipinski definition) is 14. The standard InChI is InChI=1S/C20H28N4O.C19H27N3O2.C17H23N3O3.C17H26N2O3S/c1-16-14-17(2)24(22-16)19-9-6-8-18(15-19)20(25)21-10-7-13-23-11-4-3-5-12-23;23-18-9-5-14-22(18)17-8-4-7-16(15-17)19(24)20-10-6-13-21-11-2-1-3-12-21;21-16-12-23-15-11-13(5-6-14(15)19-16)17(22)18-7-4-10-20-8-2-1-3-9-20;1-23(21,22)14-15-8-3-4-9-16(15)17(20)18-10-7-13-19-11-5-2-6-12-19/h6,8-9,14-15H,3-5,7,10-13H2,1-2H3,(H,21,25);4,7-8,15H,1-3,5-6,9-14H2,(H,20,24);5-6,11H,1-4,7-10,12H2,(H,18,22)(H,19,21);3-4,8-9H,2,5-7,10-14H2,1H3,(H,18,20). The molecule has 4 aromatic carbocycles. The number of sulfone groups is 1. The molecule has 1 aromatic heterocycles. The molecule has 0 aliphatic carbocycles. The third-order valence-corrected chi connectivity index (χ3v) is 18.8. The van der Waals surface area contributed by atoms with Crippen LogP contribution >= 0.6 is 0 Å². The van der Waals surface area contributed by atoms with Crippen LogP contribution < -0.4 is 36.2 Å². The molecule has 6 amide bonds. The van der Waals surface area contributed by atoms with Crippen molar-refractivity contribution in [2.75, 3.05) is 134 Å². The third-order valence-electron chi connectivity index (χ3n) is 18.0. The van der Waals surface area contributed by atoms with Crippen LogP contribution in [-0.2, 0) is 25.2 Å². The summed E-state index contributed by atoms with van der Waals surface area (Å²) < 4.78 is 30.2. The molecule has 7 heterocycles. The highest BCUT2D eigenvalue weighted by Gasteiger charge is 2.24. The summed E-state index contributed by atoms with van der Waals surface area (Å²) in [5.74, 6) is 0.0516. The summed E-state index contributed by atoms with van der Waals surface area (Å²) in [6, 6.07) is 29.0. The second kappa shape index (κ2) is 38.9. The number of aromatic nitrogens is 2. The van der Waals surface area contributed by atoms with Gasteiger partial charge in [-0.05, 0) is 248 Å². The van der Waals surface area contributed by atoms with E-state index in [2.05, 4.69) is 51.3 Å². The fourth-order valence-corrected chi connectivity index (χ4v) is 13.7. The quantitative estimate of drug-likeness (QED) is 0.0363. The Hall–Kier alpha value is -7.50. The maximum Gasteiger partial charge on any atom is 0.262 e. The Morgan fingerprint density at radius 1 is 0.505 bits per heavy atom. The van der Waals surface area contributed by atoms with E-state index in [0.29, 0.717) is 65.3 Å². The molecule has 5 saturated heterocycles. The van der Waals surface area contributed by atoms with Gasteiger partial charge in [-0.1, -0.05) is 56.0 Å². The van der Waals surface area contributed by atoms with E-state index in [4.69, 9.17) is 4.74 Å². The van der Waals surface area contributed by atoms with E-state index < -0.39 is 9.84 Å². The van der Waals surface area contributed by atoms with Gasteiger partial charge in [0.05, 0.1) is 22.8 Å². The van der Waals surface area contributed by atoms with Gasteiger partial charge >= 0.3 is 0 Å². The predicted octanol–water partition coefficient (Wildman–Crippen LogP) is 8.97. The van der Waals surface area contributed by atoms with Crippen LogP contribution in [0.25, 0.3) is 5.69 Å². The lowest BCUT2D eigenvalue weighted by Crippen LogP contribution is -2.33. The largest absolute Gasteiger partial charge is 0.482 e. The minimum absolute atomic E-state index is 0.00604. The van der Waals surface area contributed by atoms with Gasteiger partial charge in [-0.15, -0.1) is 0 Å². The van der Waals surface area contributed by atoms with Crippen molar-refractivity contribution in [3.05, 3.63) is 136 Å².